The number of rotatable bonds is 10. The van der Waals surface area contributed by atoms with Gasteiger partial charge in [-0.25, -0.2) is 0 Å². The predicted octanol–water partition coefficient (Wildman–Crippen LogP) is 0.808. The summed E-state index contributed by atoms with van der Waals surface area (Å²) in [6.07, 6.45) is 4.48. The highest BCUT2D eigenvalue weighted by atomic mass is 16.4. The van der Waals surface area contributed by atoms with Crippen LogP contribution >= 0.6 is 0 Å². The Bertz CT molecular complexity index is 710. The molecule has 1 saturated heterocycles. The zero-order valence-electron chi connectivity index (χ0n) is 16.6. The molecule has 2 aromatic rings. The average Bonchev–Trinajstić information content (AvgIpc) is 3.27. The van der Waals surface area contributed by atoms with Gasteiger partial charge in [0.05, 0.1) is 24.9 Å². The van der Waals surface area contributed by atoms with Crippen LogP contribution in [0.2, 0.25) is 0 Å². The molecule has 1 aliphatic rings. The molecule has 1 fully saturated rings. The van der Waals surface area contributed by atoms with Gasteiger partial charge in [-0.2, -0.15) is 5.10 Å². The van der Waals surface area contributed by atoms with Crippen molar-refractivity contribution in [1.29, 1.82) is 0 Å². The van der Waals surface area contributed by atoms with E-state index in [-0.39, 0.29) is 13.2 Å². The maximum Gasteiger partial charge on any atom is 0.109 e. The molecule has 0 bridgehead atoms. The van der Waals surface area contributed by atoms with Gasteiger partial charge in [0.25, 0.3) is 0 Å². The van der Waals surface area contributed by atoms with Crippen molar-refractivity contribution in [2.75, 3.05) is 31.6 Å². The number of H-pyrrole nitrogens is 1. The number of hydrogen-bond acceptors (Lipinski definition) is 7. The summed E-state index contributed by atoms with van der Waals surface area (Å²) in [6, 6.07) is 7.77. The first-order valence-corrected chi connectivity index (χ1v) is 10.3. The molecule has 0 radical (unpaired) electrons. The third-order valence-electron chi connectivity index (χ3n) is 5.63. The van der Waals surface area contributed by atoms with E-state index in [1.807, 2.05) is 11.1 Å². The lowest BCUT2D eigenvalue weighted by atomic mass is 9.94. The normalized spacial score (nSPS) is 25.2. The molecule has 29 heavy (non-hydrogen) atoms. The Morgan fingerprint density at radius 2 is 1.76 bits per heavy atom. The quantitative estimate of drug-likeness (QED) is 0.324. The van der Waals surface area contributed by atoms with Gasteiger partial charge in [-0.3, -0.25) is 10.00 Å². The van der Waals surface area contributed by atoms with Crippen molar-refractivity contribution in [3.8, 4) is 11.1 Å². The lowest BCUT2D eigenvalue weighted by molar-refractivity contribution is -0.145. The molecule has 6 N–H and O–H groups in total. The van der Waals surface area contributed by atoms with Gasteiger partial charge in [0, 0.05) is 30.5 Å². The third-order valence-corrected chi connectivity index (χ3v) is 5.63. The zero-order chi connectivity index (χ0) is 20.6. The van der Waals surface area contributed by atoms with Crippen LogP contribution in [-0.2, 0) is 0 Å². The van der Waals surface area contributed by atoms with Crippen LogP contribution in [0.1, 0.15) is 25.7 Å². The molecule has 3 rings (SSSR count). The topological polar surface area (TPSA) is 125 Å². The van der Waals surface area contributed by atoms with Crippen molar-refractivity contribution in [3.05, 3.63) is 36.7 Å². The minimum Gasteiger partial charge on any atom is -0.395 e. The second-order valence-corrected chi connectivity index (χ2v) is 7.70. The predicted molar refractivity (Wildman–Crippen MR) is 111 cm³/mol. The molecule has 160 valence electrons. The smallest absolute Gasteiger partial charge is 0.109 e. The van der Waals surface area contributed by atoms with E-state index in [0.29, 0.717) is 6.54 Å². The fraction of sp³-hybridized carbons (Fsp3) is 0.571. The van der Waals surface area contributed by atoms with Gasteiger partial charge < -0.3 is 25.7 Å². The number of piperidine rings is 1. The maximum absolute atomic E-state index is 10.0. The fourth-order valence-corrected chi connectivity index (χ4v) is 3.85. The van der Waals surface area contributed by atoms with E-state index in [0.717, 1.165) is 49.0 Å². The van der Waals surface area contributed by atoms with Gasteiger partial charge in [0.15, 0.2) is 0 Å². The molecule has 8 heteroatoms. The van der Waals surface area contributed by atoms with Gasteiger partial charge in [0.1, 0.15) is 12.2 Å². The van der Waals surface area contributed by atoms with E-state index < -0.39 is 24.4 Å². The molecule has 2 heterocycles. The van der Waals surface area contributed by atoms with E-state index in [1.54, 1.807) is 6.20 Å². The Kier molecular flexibility index (Phi) is 8.02. The number of unbranched alkanes of at least 4 members (excludes halogenated alkanes) is 3. The number of likely N-dealkylation sites (tertiary alicyclic amines) is 1. The van der Waals surface area contributed by atoms with E-state index >= 15 is 0 Å². The molecular formula is C21H32N4O4. The van der Waals surface area contributed by atoms with Crippen LogP contribution in [0.15, 0.2) is 36.7 Å². The summed E-state index contributed by atoms with van der Waals surface area (Å²) in [4.78, 5) is 1.88. The maximum atomic E-state index is 10.0. The van der Waals surface area contributed by atoms with Crippen molar-refractivity contribution in [2.24, 2.45) is 0 Å². The molecule has 1 aliphatic heterocycles. The Labute approximate surface area is 171 Å². The number of anilines is 1. The van der Waals surface area contributed by atoms with Crippen LogP contribution in [-0.4, -0.2) is 86.1 Å². The molecule has 0 unspecified atom stereocenters. The number of nitrogens with one attached hydrogen (secondary N) is 2. The first kappa shape index (κ1) is 21.7. The van der Waals surface area contributed by atoms with Crippen LogP contribution in [0, 0.1) is 0 Å². The fourth-order valence-electron chi connectivity index (χ4n) is 3.85. The molecule has 0 amide bonds. The van der Waals surface area contributed by atoms with Gasteiger partial charge >= 0.3 is 0 Å². The Hall–Kier alpha value is -1.97. The minimum absolute atomic E-state index is 0.228. The number of aliphatic hydroxyl groups is 4. The summed E-state index contributed by atoms with van der Waals surface area (Å²) < 4.78 is 0. The molecular weight excluding hydrogens is 372 g/mol. The van der Waals surface area contributed by atoms with Gasteiger partial charge in [0.2, 0.25) is 0 Å². The highest BCUT2D eigenvalue weighted by Gasteiger charge is 2.40. The lowest BCUT2D eigenvalue weighted by Crippen LogP contribution is -2.62. The second kappa shape index (κ2) is 10.7. The van der Waals surface area contributed by atoms with Crippen LogP contribution < -0.4 is 5.32 Å². The summed E-state index contributed by atoms with van der Waals surface area (Å²) in [5.41, 5.74) is 3.30. The zero-order valence-corrected chi connectivity index (χ0v) is 16.6. The van der Waals surface area contributed by atoms with Crippen molar-refractivity contribution < 1.29 is 20.4 Å². The Balaban J connectivity index is 1.30. The minimum atomic E-state index is -1.19. The number of β-amino-alcohol motifs (C(OH)–C–C–N with tert-alkyl or cyclic N) is 1. The van der Waals surface area contributed by atoms with Crippen molar-refractivity contribution in [1.82, 2.24) is 15.1 Å². The number of nitrogens with zero attached hydrogens (tertiary/aromatic N) is 2. The second-order valence-electron chi connectivity index (χ2n) is 7.70. The summed E-state index contributed by atoms with van der Waals surface area (Å²) in [7, 11) is 0. The summed E-state index contributed by atoms with van der Waals surface area (Å²) in [5.74, 6) is 0. The lowest BCUT2D eigenvalue weighted by Gasteiger charge is -2.43. The molecule has 0 aliphatic carbocycles. The monoisotopic (exact) mass is 404 g/mol. The van der Waals surface area contributed by atoms with Crippen LogP contribution in [0.5, 0.6) is 0 Å². The molecule has 0 spiro atoms. The van der Waals surface area contributed by atoms with Crippen LogP contribution in [0.4, 0.5) is 5.69 Å². The van der Waals surface area contributed by atoms with E-state index in [4.69, 9.17) is 0 Å². The highest BCUT2D eigenvalue weighted by Crippen LogP contribution is 2.21. The summed E-state index contributed by atoms with van der Waals surface area (Å²) in [6.45, 7) is 1.64. The number of aromatic amines is 1. The van der Waals surface area contributed by atoms with Crippen molar-refractivity contribution in [2.45, 2.75) is 50.0 Å². The van der Waals surface area contributed by atoms with Crippen molar-refractivity contribution >= 4 is 5.69 Å². The van der Waals surface area contributed by atoms with Crippen molar-refractivity contribution in [3.63, 3.8) is 0 Å². The SMILES string of the molecule is OC[C@@H]1[C@@H](O)[C@H](O)[C@@H](O)CN1CCCCCCNc1ccc(-c2cn[nH]c2)cc1. The van der Waals surface area contributed by atoms with Gasteiger partial charge in [-0.05, 0) is 37.1 Å². The Morgan fingerprint density at radius 1 is 1.00 bits per heavy atom. The highest BCUT2D eigenvalue weighted by molar-refractivity contribution is 5.64. The van der Waals surface area contributed by atoms with Gasteiger partial charge in [-0.15, -0.1) is 0 Å². The summed E-state index contributed by atoms with van der Waals surface area (Å²) in [5, 5.41) is 49.3. The standard InChI is InChI=1S/C21H32N4O4/c26-14-18-20(28)21(29)19(27)13-25(18)10-4-2-1-3-9-22-17-7-5-15(6-8-17)16-11-23-24-12-16/h5-8,11-12,18-22,26-29H,1-4,9-10,13-14H2,(H,23,24)/t18-,19+,20-,21-/m1/s1. The van der Waals surface area contributed by atoms with E-state index in [9.17, 15) is 20.4 Å². The molecule has 0 saturated carbocycles. The van der Waals surface area contributed by atoms with Crippen LogP contribution in [0.3, 0.4) is 0 Å². The van der Waals surface area contributed by atoms with Gasteiger partial charge in [-0.1, -0.05) is 25.0 Å². The first-order valence-electron chi connectivity index (χ1n) is 10.3. The largest absolute Gasteiger partial charge is 0.395 e. The third kappa shape index (κ3) is 5.77. The Morgan fingerprint density at radius 3 is 2.45 bits per heavy atom. The molecule has 1 aromatic carbocycles. The first-order chi connectivity index (χ1) is 14.1. The summed E-state index contributed by atoms with van der Waals surface area (Å²) >= 11 is 0. The molecule has 1 aromatic heterocycles. The van der Waals surface area contributed by atoms with E-state index in [2.05, 4.69) is 39.8 Å². The number of aromatic nitrogens is 2. The molecule has 8 nitrogen and oxygen atoms in total. The van der Waals surface area contributed by atoms with E-state index in [1.165, 1.54) is 0 Å². The average molecular weight is 405 g/mol. The number of aliphatic hydroxyl groups excluding tert-OH is 4. The number of hydrogen-bond donors (Lipinski definition) is 6. The van der Waals surface area contributed by atoms with Crippen LogP contribution in [0.25, 0.3) is 11.1 Å². The number of benzene rings is 1. The molecule has 4 atom stereocenters.